The summed E-state index contributed by atoms with van der Waals surface area (Å²) in [7, 11) is 0. The molecule has 0 radical (unpaired) electrons. The molecule has 4 nitrogen and oxygen atoms in total. The standard InChI is InChI=1S/C11H17ClN4/c1-8(2)15-11(16-13)14-7-9-3-5-10(12)6-4-9/h3-6,8H,7,13H2,1-2H3,(H2,14,15,16). The lowest BCUT2D eigenvalue weighted by Crippen LogP contribution is -2.44. The lowest BCUT2D eigenvalue weighted by atomic mass is 10.2. The summed E-state index contributed by atoms with van der Waals surface area (Å²) in [5.74, 6) is 5.93. The summed E-state index contributed by atoms with van der Waals surface area (Å²) in [6.07, 6.45) is 0. The van der Waals surface area contributed by atoms with E-state index in [2.05, 4.69) is 15.7 Å². The van der Waals surface area contributed by atoms with E-state index in [1.807, 2.05) is 38.1 Å². The quantitative estimate of drug-likeness (QED) is 0.326. The average Bonchev–Trinajstić information content (AvgIpc) is 2.26. The van der Waals surface area contributed by atoms with Gasteiger partial charge in [-0.25, -0.2) is 10.8 Å². The third kappa shape index (κ3) is 4.51. The van der Waals surface area contributed by atoms with E-state index in [9.17, 15) is 0 Å². The van der Waals surface area contributed by atoms with E-state index in [-0.39, 0.29) is 0 Å². The molecule has 0 aliphatic heterocycles. The third-order valence-corrected chi connectivity index (χ3v) is 2.15. The molecule has 4 N–H and O–H groups in total. The molecule has 5 heteroatoms. The Balaban J connectivity index is 2.59. The second-order valence-corrected chi connectivity index (χ2v) is 4.17. The summed E-state index contributed by atoms with van der Waals surface area (Å²) in [4.78, 5) is 4.31. The predicted molar refractivity (Wildman–Crippen MR) is 68.2 cm³/mol. The molecule has 0 aromatic heterocycles. The van der Waals surface area contributed by atoms with E-state index in [0.717, 1.165) is 10.6 Å². The number of nitrogens with one attached hydrogen (secondary N) is 2. The lowest BCUT2D eigenvalue weighted by molar-refractivity contribution is 0.702. The van der Waals surface area contributed by atoms with Crippen LogP contribution in [0.4, 0.5) is 0 Å². The van der Waals surface area contributed by atoms with Crippen molar-refractivity contribution in [3.05, 3.63) is 34.9 Å². The van der Waals surface area contributed by atoms with E-state index in [1.54, 1.807) is 0 Å². The van der Waals surface area contributed by atoms with Gasteiger partial charge in [0.25, 0.3) is 0 Å². The van der Waals surface area contributed by atoms with Gasteiger partial charge >= 0.3 is 0 Å². The normalized spacial score (nSPS) is 11.7. The van der Waals surface area contributed by atoms with Gasteiger partial charge in [0.2, 0.25) is 5.96 Å². The van der Waals surface area contributed by atoms with Crippen LogP contribution in [-0.2, 0) is 6.54 Å². The first-order valence-electron chi connectivity index (χ1n) is 5.14. The third-order valence-electron chi connectivity index (χ3n) is 1.90. The number of nitrogens with two attached hydrogens (primary N) is 1. The monoisotopic (exact) mass is 240 g/mol. The fourth-order valence-electron chi connectivity index (χ4n) is 1.17. The van der Waals surface area contributed by atoms with Gasteiger partial charge in [0, 0.05) is 11.1 Å². The van der Waals surface area contributed by atoms with Crippen molar-refractivity contribution < 1.29 is 0 Å². The molecule has 0 saturated carbocycles. The van der Waals surface area contributed by atoms with E-state index in [4.69, 9.17) is 17.4 Å². The summed E-state index contributed by atoms with van der Waals surface area (Å²) >= 11 is 5.79. The first-order chi connectivity index (χ1) is 7.61. The highest BCUT2D eigenvalue weighted by Crippen LogP contribution is 2.09. The van der Waals surface area contributed by atoms with Crippen LogP contribution in [0.15, 0.2) is 29.3 Å². The maximum Gasteiger partial charge on any atom is 0.206 e. The predicted octanol–water partition coefficient (Wildman–Crippen LogP) is 1.66. The van der Waals surface area contributed by atoms with Crippen LogP contribution in [0, 0.1) is 0 Å². The number of halogens is 1. The molecule has 0 saturated heterocycles. The highest BCUT2D eigenvalue weighted by atomic mass is 35.5. The number of rotatable bonds is 3. The van der Waals surface area contributed by atoms with Crippen LogP contribution in [0.2, 0.25) is 5.02 Å². The number of aliphatic imine (C=N–C) groups is 1. The van der Waals surface area contributed by atoms with Crippen molar-refractivity contribution in [3.8, 4) is 0 Å². The van der Waals surface area contributed by atoms with Crippen LogP contribution in [0.1, 0.15) is 19.4 Å². The second kappa shape index (κ2) is 6.35. The minimum atomic E-state index is 0.292. The number of benzene rings is 1. The molecule has 0 aliphatic rings. The smallest absolute Gasteiger partial charge is 0.206 e. The van der Waals surface area contributed by atoms with Crippen molar-refractivity contribution in [3.63, 3.8) is 0 Å². The fourth-order valence-corrected chi connectivity index (χ4v) is 1.29. The van der Waals surface area contributed by atoms with Gasteiger partial charge in [0.1, 0.15) is 0 Å². The van der Waals surface area contributed by atoms with Gasteiger partial charge in [-0.05, 0) is 31.5 Å². The highest BCUT2D eigenvalue weighted by molar-refractivity contribution is 6.30. The zero-order valence-corrected chi connectivity index (χ0v) is 10.3. The van der Waals surface area contributed by atoms with Crippen LogP contribution in [-0.4, -0.2) is 12.0 Å². The lowest BCUT2D eigenvalue weighted by Gasteiger charge is -2.11. The first-order valence-corrected chi connectivity index (χ1v) is 5.51. The molecule has 1 aromatic carbocycles. The molecule has 1 rings (SSSR count). The van der Waals surface area contributed by atoms with Crippen LogP contribution in [0.3, 0.4) is 0 Å². The van der Waals surface area contributed by atoms with Gasteiger partial charge in [-0.1, -0.05) is 23.7 Å². The van der Waals surface area contributed by atoms with Gasteiger partial charge in [0.15, 0.2) is 0 Å². The number of hydrogen-bond acceptors (Lipinski definition) is 2. The maximum atomic E-state index is 5.79. The molecular formula is C11H17ClN4. The maximum absolute atomic E-state index is 5.79. The molecule has 0 amide bonds. The van der Waals surface area contributed by atoms with Crippen LogP contribution >= 0.6 is 11.6 Å². The molecule has 88 valence electrons. The minimum Gasteiger partial charge on any atom is -0.353 e. The molecule has 0 fully saturated rings. The second-order valence-electron chi connectivity index (χ2n) is 3.73. The average molecular weight is 241 g/mol. The molecular weight excluding hydrogens is 224 g/mol. The molecule has 0 bridgehead atoms. The minimum absolute atomic E-state index is 0.292. The van der Waals surface area contributed by atoms with Gasteiger partial charge < -0.3 is 5.32 Å². The Bertz CT molecular complexity index is 346. The molecule has 0 atom stereocenters. The van der Waals surface area contributed by atoms with Gasteiger partial charge in [-0.15, -0.1) is 0 Å². The van der Waals surface area contributed by atoms with Crippen molar-refractivity contribution in [2.24, 2.45) is 10.8 Å². The van der Waals surface area contributed by atoms with Crippen molar-refractivity contribution in [1.29, 1.82) is 0 Å². The van der Waals surface area contributed by atoms with Crippen LogP contribution in [0.25, 0.3) is 0 Å². The SMILES string of the molecule is CC(C)NC(=NCc1ccc(Cl)cc1)NN. The zero-order valence-electron chi connectivity index (χ0n) is 9.50. The molecule has 1 aromatic rings. The van der Waals surface area contributed by atoms with E-state index < -0.39 is 0 Å². The molecule has 0 unspecified atom stereocenters. The Kier molecular flexibility index (Phi) is 5.08. The van der Waals surface area contributed by atoms with Gasteiger partial charge in [0.05, 0.1) is 6.54 Å². The first kappa shape index (κ1) is 12.8. The van der Waals surface area contributed by atoms with Crippen molar-refractivity contribution in [2.45, 2.75) is 26.4 Å². The number of nitrogens with zero attached hydrogens (tertiary/aromatic N) is 1. The van der Waals surface area contributed by atoms with Crippen molar-refractivity contribution in [2.75, 3.05) is 0 Å². The Morgan fingerprint density at radius 3 is 2.50 bits per heavy atom. The largest absolute Gasteiger partial charge is 0.353 e. The van der Waals surface area contributed by atoms with Crippen LogP contribution in [0.5, 0.6) is 0 Å². The zero-order chi connectivity index (χ0) is 12.0. The summed E-state index contributed by atoms with van der Waals surface area (Å²) in [5.41, 5.74) is 3.61. The number of hydrogen-bond donors (Lipinski definition) is 3. The number of hydrazine groups is 1. The van der Waals surface area contributed by atoms with Crippen molar-refractivity contribution in [1.82, 2.24) is 10.7 Å². The summed E-state index contributed by atoms with van der Waals surface area (Å²) in [5, 5.41) is 3.83. The Morgan fingerprint density at radius 2 is 2.00 bits per heavy atom. The summed E-state index contributed by atoms with van der Waals surface area (Å²) in [6, 6.07) is 7.86. The highest BCUT2D eigenvalue weighted by Gasteiger charge is 1.98. The van der Waals surface area contributed by atoms with Gasteiger partial charge in [-0.3, -0.25) is 5.43 Å². The molecule has 0 heterocycles. The molecule has 0 spiro atoms. The Hall–Kier alpha value is -1.26. The Labute approximate surface area is 101 Å². The number of guanidine groups is 1. The van der Waals surface area contributed by atoms with Crippen LogP contribution < -0.4 is 16.6 Å². The van der Waals surface area contributed by atoms with Crippen molar-refractivity contribution >= 4 is 17.6 Å². The summed E-state index contributed by atoms with van der Waals surface area (Å²) < 4.78 is 0. The molecule has 0 aliphatic carbocycles. The summed E-state index contributed by atoms with van der Waals surface area (Å²) in [6.45, 7) is 4.61. The van der Waals surface area contributed by atoms with E-state index in [1.165, 1.54) is 0 Å². The molecule has 16 heavy (non-hydrogen) atoms. The van der Waals surface area contributed by atoms with E-state index in [0.29, 0.717) is 18.5 Å². The fraction of sp³-hybridized carbons (Fsp3) is 0.364. The Morgan fingerprint density at radius 1 is 1.38 bits per heavy atom. The van der Waals surface area contributed by atoms with Gasteiger partial charge in [-0.2, -0.15) is 0 Å². The van der Waals surface area contributed by atoms with E-state index >= 15 is 0 Å². The topological polar surface area (TPSA) is 62.4 Å².